The number of pyridine rings is 1. The minimum Gasteiger partial charge on any atom is -0.495 e. The first-order valence-electron chi connectivity index (χ1n) is 5.25. The minimum absolute atomic E-state index is 0.685. The number of ether oxygens (including phenoxy) is 1. The average molecular weight is 224 g/mol. The van der Waals surface area contributed by atoms with E-state index >= 15 is 0 Å². The molecule has 17 heavy (non-hydrogen) atoms. The van der Waals surface area contributed by atoms with E-state index in [4.69, 9.17) is 10.00 Å². The van der Waals surface area contributed by atoms with Crippen molar-refractivity contribution in [2.24, 2.45) is 0 Å². The zero-order chi connectivity index (χ0) is 12.3. The van der Waals surface area contributed by atoms with Crippen LogP contribution in [0.4, 0.5) is 0 Å². The van der Waals surface area contributed by atoms with E-state index in [1.807, 2.05) is 31.2 Å². The van der Waals surface area contributed by atoms with Crippen molar-refractivity contribution < 1.29 is 4.74 Å². The molecule has 0 spiro atoms. The molecule has 0 fully saturated rings. The quantitative estimate of drug-likeness (QED) is 0.787. The zero-order valence-corrected chi connectivity index (χ0v) is 9.77. The lowest BCUT2D eigenvalue weighted by molar-refractivity contribution is 0.413. The van der Waals surface area contributed by atoms with Crippen molar-refractivity contribution in [3.63, 3.8) is 0 Å². The highest BCUT2D eigenvalue weighted by molar-refractivity contribution is 5.66. The molecule has 0 aliphatic carbocycles. The SMILES string of the molecule is COc1cncc(-c2ccc(C)c(C#N)c2)c1. The summed E-state index contributed by atoms with van der Waals surface area (Å²) in [6.07, 6.45) is 3.41. The van der Waals surface area contributed by atoms with Gasteiger partial charge in [0.15, 0.2) is 0 Å². The molecule has 1 aromatic carbocycles. The molecule has 0 atom stereocenters. The summed E-state index contributed by atoms with van der Waals surface area (Å²) in [5.41, 5.74) is 3.58. The van der Waals surface area contributed by atoms with Crippen LogP contribution in [0.1, 0.15) is 11.1 Å². The van der Waals surface area contributed by atoms with Crippen LogP contribution in [0.5, 0.6) is 5.75 Å². The van der Waals surface area contributed by atoms with Crippen LogP contribution in [0.3, 0.4) is 0 Å². The Balaban J connectivity index is 2.49. The summed E-state index contributed by atoms with van der Waals surface area (Å²) in [5, 5.41) is 9.00. The summed E-state index contributed by atoms with van der Waals surface area (Å²) in [7, 11) is 1.61. The van der Waals surface area contributed by atoms with Crippen LogP contribution in [0.2, 0.25) is 0 Å². The summed E-state index contributed by atoms with van der Waals surface area (Å²) < 4.78 is 5.13. The number of nitrogens with zero attached hydrogens (tertiary/aromatic N) is 2. The molecule has 0 unspecified atom stereocenters. The maximum absolute atomic E-state index is 9.00. The first kappa shape index (κ1) is 11.2. The van der Waals surface area contributed by atoms with Crippen molar-refractivity contribution in [1.29, 1.82) is 5.26 Å². The molecule has 3 heteroatoms. The van der Waals surface area contributed by atoms with Crippen LogP contribution in [0.15, 0.2) is 36.7 Å². The van der Waals surface area contributed by atoms with Gasteiger partial charge in [-0.3, -0.25) is 4.98 Å². The van der Waals surface area contributed by atoms with Gasteiger partial charge in [-0.15, -0.1) is 0 Å². The Morgan fingerprint density at radius 1 is 1.18 bits per heavy atom. The number of aryl methyl sites for hydroxylation is 1. The molecule has 2 aromatic rings. The standard InChI is InChI=1S/C14H12N2O/c1-10-3-4-11(5-12(10)7-15)13-6-14(17-2)9-16-8-13/h3-6,8-9H,1-2H3. The molecule has 0 amide bonds. The van der Waals surface area contributed by atoms with Gasteiger partial charge < -0.3 is 4.74 Å². The van der Waals surface area contributed by atoms with E-state index in [-0.39, 0.29) is 0 Å². The Morgan fingerprint density at radius 2 is 2.00 bits per heavy atom. The lowest BCUT2D eigenvalue weighted by Crippen LogP contribution is -1.88. The summed E-state index contributed by atoms with van der Waals surface area (Å²) >= 11 is 0. The highest BCUT2D eigenvalue weighted by atomic mass is 16.5. The minimum atomic E-state index is 0.685. The van der Waals surface area contributed by atoms with E-state index in [0.717, 1.165) is 16.7 Å². The second-order valence-electron chi connectivity index (χ2n) is 3.75. The van der Waals surface area contributed by atoms with Gasteiger partial charge in [0.2, 0.25) is 0 Å². The number of methoxy groups -OCH3 is 1. The van der Waals surface area contributed by atoms with Crippen LogP contribution < -0.4 is 4.74 Å². The van der Waals surface area contributed by atoms with Crippen molar-refractivity contribution >= 4 is 0 Å². The predicted octanol–water partition coefficient (Wildman–Crippen LogP) is 2.94. The van der Waals surface area contributed by atoms with Gasteiger partial charge in [0, 0.05) is 11.8 Å². The Hall–Kier alpha value is -2.34. The molecular weight excluding hydrogens is 212 g/mol. The highest BCUT2D eigenvalue weighted by Crippen LogP contribution is 2.24. The smallest absolute Gasteiger partial charge is 0.137 e. The normalized spacial score (nSPS) is 9.71. The maximum atomic E-state index is 9.00. The van der Waals surface area contributed by atoms with Crippen LogP contribution in [-0.4, -0.2) is 12.1 Å². The first-order chi connectivity index (χ1) is 8.24. The molecule has 0 saturated carbocycles. The van der Waals surface area contributed by atoms with Crippen LogP contribution in [0, 0.1) is 18.3 Å². The van der Waals surface area contributed by atoms with Crippen molar-refractivity contribution in [3.8, 4) is 22.9 Å². The fourth-order valence-electron chi connectivity index (χ4n) is 1.61. The second-order valence-corrected chi connectivity index (χ2v) is 3.75. The van der Waals surface area contributed by atoms with E-state index in [1.54, 1.807) is 19.5 Å². The maximum Gasteiger partial charge on any atom is 0.137 e. The van der Waals surface area contributed by atoms with Gasteiger partial charge in [-0.25, -0.2) is 0 Å². The fraction of sp³-hybridized carbons (Fsp3) is 0.143. The van der Waals surface area contributed by atoms with E-state index in [0.29, 0.717) is 11.3 Å². The Bertz CT molecular complexity index is 585. The number of nitriles is 1. The first-order valence-corrected chi connectivity index (χ1v) is 5.25. The zero-order valence-electron chi connectivity index (χ0n) is 9.77. The summed E-state index contributed by atoms with van der Waals surface area (Å²) in [6, 6.07) is 9.87. The van der Waals surface area contributed by atoms with Crippen molar-refractivity contribution in [2.45, 2.75) is 6.92 Å². The second kappa shape index (κ2) is 4.67. The highest BCUT2D eigenvalue weighted by Gasteiger charge is 2.03. The number of benzene rings is 1. The Labute approximate surface area is 100 Å². The number of hydrogen-bond donors (Lipinski definition) is 0. The summed E-state index contributed by atoms with van der Waals surface area (Å²) in [4.78, 5) is 4.10. The van der Waals surface area contributed by atoms with E-state index in [9.17, 15) is 0 Å². The molecule has 2 rings (SSSR count). The topological polar surface area (TPSA) is 45.9 Å². The molecule has 3 nitrogen and oxygen atoms in total. The summed E-state index contributed by atoms with van der Waals surface area (Å²) in [6.45, 7) is 1.92. The average Bonchev–Trinajstić information content (AvgIpc) is 2.39. The molecule has 0 radical (unpaired) electrons. The number of hydrogen-bond acceptors (Lipinski definition) is 3. The van der Waals surface area contributed by atoms with E-state index < -0.39 is 0 Å². The van der Waals surface area contributed by atoms with Gasteiger partial charge in [-0.2, -0.15) is 5.26 Å². The van der Waals surface area contributed by atoms with Gasteiger partial charge in [-0.1, -0.05) is 12.1 Å². The summed E-state index contributed by atoms with van der Waals surface area (Å²) in [5.74, 6) is 0.710. The monoisotopic (exact) mass is 224 g/mol. The van der Waals surface area contributed by atoms with Gasteiger partial charge in [-0.05, 0) is 30.2 Å². The van der Waals surface area contributed by atoms with Gasteiger partial charge >= 0.3 is 0 Å². The molecule has 0 N–H and O–H groups in total. The lowest BCUT2D eigenvalue weighted by Gasteiger charge is -2.05. The molecule has 1 aromatic heterocycles. The van der Waals surface area contributed by atoms with Crippen LogP contribution >= 0.6 is 0 Å². The van der Waals surface area contributed by atoms with Crippen molar-refractivity contribution in [1.82, 2.24) is 4.98 Å². The Morgan fingerprint density at radius 3 is 2.71 bits per heavy atom. The molecule has 84 valence electrons. The van der Waals surface area contributed by atoms with Crippen molar-refractivity contribution in [3.05, 3.63) is 47.8 Å². The largest absolute Gasteiger partial charge is 0.495 e. The lowest BCUT2D eigenvalue weighted by atomic mass is 10.0. The van der Waals surface area contributed by atoms with Crippen LogP contribution in [0.25, 0.3) is 11.1 Å². The van der Waals surface area contributed by atoms with Crippen molar-refractivity contribution in [2.75, 3.05) is 7.11 Å². The molecule has 0 aliphatic heterocycles. The third-order valence-corrected chi connectivity index (χ3v) is 2.64. The van der Waals surface area contributed by atoms with Gasteiger partial charge in [0.05, 0.1) is 24.9 Å². The van der Waals surface area contributed by atoms with E-state index in [2.05, 4.69) is 11.1 Å². The third kappa shape index (κ3) is 2.26. The third-order valence-electron chi connectivity index (χ3n) is 2.64. The fourth-order valence-corrected chi connectivity index (χ4v) is 1.61. The number of rotatable bonds is 2. The molecule has 0 aliphatic rings. The molecule has 0 saturated heterocycles. The molecular formula is C14H12N2O. The van der Waals surface area contributed by atoms with E-state index in [1.165, 1.54) is 0 Å². The Kier molecular flexibility index (Phi) is 3.06. The number of aromatic nitrogens is 1. The van der Waals surface area contributed by atoms with Crippen LogP contribution in [-0.2, 0) is 0 Å². The molecule has 1 heterocycles. The predicted molar refractivity (Wildman–Crippen MR) is 65.7 cm³/mol. The van der Waals surface area contributed by atoms with Gasteiger partial charge in [0.25, 0.3) is 0 Å². The molecule has 0 bridgehead atoms. The van der Waals surface area contributed by atoms with Gasteiger partial charge in [0.1, 0.15) is 5.75 Å².